The number of benzene rings is 1. The van der Waals surface area contributed by atoms with Crippen LogP contribution in [0, 0.1) is 6.92 Å². The van der Waals surface area contributed by atoms with Crippen LogP contribution in [0.4, 0.5) is 10.8 Å². The van der Waals surface area contributed by atoms with Crippen molar-refractivity contribution in [2.45, 2.75) is 13.3 Å². The number of amides is 1. The first-order chi connectivity index (χ1) is 9.94. The van der Waals surface area contributed by atoms with Gasteiger partial charge in [-0.25, -0.2) is 4.98 Å². The van der Waals surface area contributed by atoms with Crippen LogP contribution in [0.2, 0.25) is 0 Å². The van der Waals surface area contributed by atoms with Crippen LogP contribution in [-0.2, 0) is 11.2 Å². The van der Waals surface area contributed by atoms with Gasteiger partial charge >= 0.3 is 0 Å². The molecule has 1 amide bonds. The van der Waals surface area contributed by atoms with Crippen LogP contribution in [0.1, 0.15) is 11.3 Å². The van der Waals surface area contributed by atoms with Gasteiger partial charge in [0.15, 0.2) is 5.96 Å². The maximum atomic E-state index is 12.0. The van der Waals surface area contributed by atoms with Gasteiger partial charge < -0.3 is 16.8 Å². The van der Waals surface area contributed by atoms with Gasteiger partial charge in [0.1, 0.15) is 0 Å². The quantitative estimate of drug-likeness (QED) is 0.569. The average molecular weight is 368 g/mol. The van der Waals surface area contributed by atoms with E-state index in [4.69, 9.17) is 11.5 Å². The Labute approximate surface area is 134 Å². The number of carbonyl (C=O) groups excluding carboxylic acids is 1. The summed E-state index contributed by atoms with van der Waals surface area (Å²) >= 11 is 4.70. The zero-order valence-electron chi connectivity index (χ0n) is 11.3. The second-order valence-electron chi connectivity index (χ2n) is 4.37. The average Bonchev–Trinajstić information content (AvgIpc) is 2.79. The minimum Gasteiger partial charge on any atom is -0.370 e. The van der Waals surface area contributed by atoms with Crippen LogP contribution < -0.4 is 16.8 Å². The third-order valence-electron chi connectivity index (χ3n) is 2.50. The molecule has 1 aromatic carbocycles. The number of carbonyl (C=O) groups is 1. The zero-order chi connectivity index (χ0) is 15.4. The van der Waals surface area contributed by atoms with Crippen LogP contribution in [0.3, 0.4) is 0 Å². The molecule has 110 valence electrons. The molecule has 0 spiro atoms. The molecule has 1 heterocycles. The van der Waals surface area contributed by atoms with E-state index in [0.29, 0.717) is 10.8 Å². The number of hydrogen-bond acceptors (Lipinski definition) is 4. The highest BCUT2D eigenvalue weighted by Gasteiger charge is 2.09. The largest absolute Gasteiger partial charge is 0.370 e. The molecule has 0 fully saturated rings. The molecule has 0 atom stereocenters. The van der Waals surface area contributed by atoms with Gasteiger partial charge in [-0.1, -0.05) is 6.07 Å². The number of nitrogens with two attached hydrogens (primary N) is 2. The lowest BCUT2D eigenvalue weighted by atomic mass is 10.2. The predicted molar refractivity (Wildman–Crippen MR) is 88.8 cm³/mol. The van der Waals surface area contributed by atoms with E-state index in [9.17, 15) is 4.79 Å². The SMILES string of the molecule is Cc1ccc(NC(=O)Cc2csc(N=C(N)N)n2)c(Br)c1. The first-order valence-electron chi connectivity index (χ1n) is 6.04. The summed E-state index contributed by atoms with van der Waals surface area (Å²) in [4.78, 5) is 20.0. The van der Waals surface area contributed by atoms with Crippen LogP contribution in [0.15, 0.2) is 33.0 Å². The summed E-state index contributed by atoms with van der Waals surface area (Å²) < 4.78 is 0.843. The van der Waals surface area contributed by atoms with Crippen LogP contribution in [-0.4, -0.2) is 16.9 Å². The van der Waals surface area contributed by atoms with Crippen molar-refractivity contribution >= 4 is 50.0 Å². The van der Waals surface area contributed by atoms with Gasteiger partial charge in [0.2, 0.25) is 11.0 Å². The smallest absolute Gasteiger partial charge is 0.230 e. The first-order valence-corrected chi connectivity index (χ1v) is 7.71. The molecule has 6 nitrogen and oxygen atoms in total. The Hall–Kier alpha value is -1.93. The lowest BCUT2D eigenvalue weighted by Gasteiger charge is -2.07. The molecular formula is C13H14BrN5OS. The van der Waals surface area contributed by atoms with Gasteiger partial charge in [-0.15, -0.1) is 11.3 Å². The molecule has 21 heavy (non-hydrogen) atoms. The Kier molecular flexibility index (Phi) is 4.92. The molecule has 2 rings (SSSR count). The van der Waals surface area contributed by atoms with Crippen molar-refractivity contribution in [3.63, 3.8) is 0 Å². The van der Waals surface area contributed by atoms with Crippen molar-refractivity contribution in [1.82, 2.24) is 4.98 Å². The van der Waals surface area contributed by atoms with E-state index in [1.807, 2.05) is 25.1 Å². The van der Waals surface area contributed by atoms with Crippen molar-refractivity contribution in [2.75, 3.05) is 5.32 Å². The van der Waals surface area contributed by atoms with Crippen molar-refractivity contribution in [1.29, 1.82) is 0 Å². The summed E-state index contributed by atoms with van der Waals surface area (Å²) in [5.41, 5.74) is 13.0. The molecule has 0 aliphatic heterocycles. The standard InChI is InChI=1S/C13H14BrN5OS/c1-7-2-3-10(9(14)4-7)18-11(20)5-8-6-21-13(17-8)19-12(15)16/h2-4,6H,5H2,1H3,(H,18,20)(H4,15,16,17,19). The fraction of sp³-hybridized carbons (Fsp3) is 0.154. The molecule has 0 radical (unpaired) electrons. The highest BCUT2D eigenvalue weighted by atomic mass is 79.9. The van der Waals surface area contributed by atoms with Gasteiger partial charge in [0.05, 0.1) is 17.8 Å². The summed E-state index contributed by atoms with van der Waals surface area (Å²) in [6, 6.07) is 5.72. The Balaban J connectivity index is 2.01. The molecule has 8 heteroatoms. The normalized spacial score (nSPS) is 10.2. The van der Waals surface area contributed by atoms with Crippen LogP contribution in [0.5, 0.6) is 0 Å². The molecule has 2 aromatic rings. The van der Waals surface area contributed by atoms with Gasteiger partial charge in [0, 0.05) is 9.85 Å². The van der Waals surface area contributed by atoms with E-state index in [-0.39, 0.29) is 18.3 Å². The molecule has 0 saturated heterocycles. The number of halogens is 1. The van der Waals surface area contributed by atoms with Gasteiger partial charge in [0.25, 0.3) is 0 Å². The lowest BCUT2D eigenvalue weighted by molar-refractivity contribution is -0.115. The Morgan fingerprint density at radius 2 is 2.24 bits per heavy atom. The zero-order valence-corrected chi connectivity index (χ0v) is 13.7. The van der Waals surface area contributed by atoms with E-state index >= 15 is 0 Å². The fourth-order valence-electron chi connectivity index (χ4n) is 1.62. The van der Waals surface area contributed by atoms with Crippen LogP contribution in [0.25, 0.3) is 0 Å². The number of guanidine groups is 1. The lowest BCUT2D eigenvalue weighted by Crippen LogP contribution is -2.21. The van der Waals surface area contributed by atoms with E-state index in [0.717, 1.165) is 15.7 Å². The summed E-state index contributed by atoms with van der Waals surface area (Å²) in [5, 5.41) is 5.02. The number of anilines is 1. The molecule has 1 aromatic heterocycles. The summed E-state index contributed by atoms with van der Waals surface area (Å²) in [6.07, 6.45) is 0.164. The fourth-order valence-corrected chi connectivity index (χ4v) is 2.92. The van der Waals surface area contributed by atoms with Crippen molar-refractivity contribution in [3.05, 3.63) is 39.3 Å². The van der Waals surface area contributed by atoms with E-state index in [1.165, 1.54) is 11.3 Å². The summed E-state index contributed by atoms with van der Waals surface area (Å²) in [7, 11) is 0. The summed E-state index contributed by atoms with van der Waals surface area (Å²) in [5.74, 6) is -0.204. The second kappa shape index (κ2) is 6.68. The van der Waals surface area contributed by atoms with E-state index in [2.05, 4.69) is 31.2 Å². The number of aliphatic imine (C=N–C) groups is 1. The number of aromatic nitrogens is 1. The molecular weight excluding hydrogens is 354 g/mol. The maximum absolute atomic E-state index is 12.0. The third kappa shape index (κ3) is 4.54. The first kappa shape index (κ1) is 15.5. The monoisotopic (exact) mass is 367 g/mol. The highest BCUT2D eigenvalue weighted by molar-refractivity contribution is 9.10. The number of nitrogens with zero attached hydrogens (tertiary/aromatic N) is 2. The van der Waals surface area contributed by atoms with Crippen molar-refractivity contribution in [2.24, 2.45) is 16.5 Å². The molecule has 0 unspecified atom stereocenters. The minimum absolute atomic E-state index is 0.0519. The third-order valence-corrected chi connectivity index (χ3v) is 3.94. The van der Waals surface area contributed by atoms with Crippen molar-refractivity contribution in [3.8, 4) is 0 Å². The number of hydrogen-bond donors (Lipinski definition) is 3. The second-order valence-corrected chi connectivity index (χ2v) is 6.06. The number of aryl methyl sites for hydroxylation is 1. The minimum atomic E-state index is -0.152. The van der Waals surface area contributed by atoms with Crippen molar-refractivity contribution < 1.29 is 4.79 Å². The van der Waals surface area contributed by atoms with E-state index in [1.54, 1.807) is 5.38 Å². The summed E-state index contributed by atoms with van der Waals surface area (Å²) in [6.45, 7) is 1.98. The Bertz CT molecular complexity index is 694. The molecule has 0 bridgehead atoms. The number of thiazole rings is 1. The van der Waals surface area contributed by atoms with Crippen LogP contribution >= 0.6 is 27.3 Å². The Morgan fingerprint density at radius 1 is 1.48 bits per heavy atom. The number of nitrogens with one attached hydrogen (secondary N) is 1. The molecule has 0 aliphatic rings. The predicted octanol–water partition coefficient (Wildman–Crippen LogP) is 2.30. The van der Waals surface area contributed by atoms with E-state index < -0.39 is 0 Å². The Morgan fingerprint density at radius 3 is 2.90 bits per heavy atom. The molecule has 5 N–H and O–H groups in total. The van der Waals surface area contributed by atoms with Gasteiger partial charge in [-0.05, 0) is 40.5 Å². The molecule has 0 saturated carbocycles. The van der Waals surface area contributed by atoms with Gasteiger partial charge in [-0.3, -0.25) is 4.79 Å². The number of rotatable bonds is 4. The maximum Gasteiger partial charge on any atom is 0.230 e. The van der Waals surface area contributed by atoms with Gasteiger partial charge in [-0.2, -0.15) is 4.99 Å². The topological polar surface area (TPSA) is 106 Å². The highest BCUT2D eigenvalue weighted by Crippen LogP contribution is 2.24. The molecule has 0 aliphatic carbocycles.